The first-order valence-corrected chi connectivity index (χ1v) is 4.38. The highest BCUT2D eigenvalue weighted by atomic mass is 16.7. The molecule has 0 spiro atoms. The second kappa shape index (κ2) is 3.10. The number of nitrogens with zero attached hydrogens (tertiary/aromatic N) is 2. The van der Waals surface area contributed by atoms with Crippen molar-refractivity contribution < 1.29 is 4.84 Å². The minimum atomic E-state index is 0.555. The predicted octanol–water partition coefficient (Wildman–Crippen LogP) is 0.649. The molecule has 0 aliphatic heterocycles. The average molecular weight is 192 g/mol. The van der Waals surface area contributed by atoms with Crippen LogP contribution in [-0.4, -0.2) is 16.3 Å². The Balaban J connectivity index is 2.70. The fraction of sp³-hybridized carbons (Fsp3) is 0.222. The molecule has 0 aliphatic carbocycles. The largest absolute Gasteiger partial charge is 0.413 e. The molecule has 74 valence electrons. The Morgan fingerprint density at radius 1 is 1.36 bits per heavy atom. The quantitative estimate of drug-likeness (QED) is 0.685. The van der Waals surface area contributed by atoms with E-state index in [9.17, 15) is 0 Å². The molecule has 5 heteroatoms. The molecule has 1 heterocycles. The predicted molar refractivity (Wildman–Crippen MR) is 55.7 cm³/mol. The third kappa shape index (κ3) is 1.14. The molecule has 0 fully saturated rings. The van der Waals surface area contributed by atoms with Gasteiger partial charge < -0.3 is 16.3 Å². The molecule has 0 bridgehead atoms. The van der Waals surface area contributed by atoms with E-state index in [2.05, 4.69) is 4.98 Å². The highest BCUT2D eigenvalue weighted by Gasteiger charge is 2.09. The molecule has 1 aromatic carbocycles. The Kier molecular flexibility index (Phi) is 1.92. The fourth-order valence-corrected chi connectivity index (χ4v) is 1.38. The molecule has 0 unspecified atom stereocenters. The number of fused-ring (bicyclic) bond motifs is 1. The number of nitrogen functional groups attached to an aromatic ring is 2. The van der Waals surface area contributed by atoms with Crippen LogP contribution in [0.3, 0.4) is 0 Å². The number of anilines is 2. The number of hydrogen-bond donors (Lipinski definition) is 2. The summed E-state index contributed by atoms with van der Waals surface area (Å²) in [5.74, 6) is 0. The number of nitrogens with two attached hydrogens (primary N) is 2. The highest BCUT2D eigenvalue weighted by molar-refractivity contribution is 5.95. The van der Waals surface area contributed by atoms with Crippen LogP contribution in [0.4, 0.5) is 11.4 Å². The van der Waals surface area contributed by atoms with E-state index in [1.54, 1.807) is 23.2 Å². The third-order valence-corrected chi connectivity index (χ3v) is 1.99. The topological polar surface area (TPSA) is 79.1 Å². The zero-order chi connectivity index (χ0) is 10.1. The Labute approximate surface area is 81.2 Å². The molecule has 0 aliphatic rings. The zero-order valence-corrected chi connectivity index (χ0v) is 7.90. The van der Waals surface area contributed by atoms with E-state index in [0.717, 1.165) is 5.52 Å². The van der Waals surface area contributed by atoms with E-state index in [1.807, 2.05) is 6.92 Å². The van der Waals surface area contributed by atoms with E-state index in [4.69, 9.17) is 16.3 Å². The van der Waals surface area contributed by atoms with E-state index < -0.39 is 0 Å². The molecular weight excluding hydrogens is 180 g/mol. The molecule has 0 radical (unpaired) electrons. The Hall–Kier alpha value is -1.91. The van der Waals surface area contributed by atoms with Crippen LogP contribution >= 0.6 is 0 Å². The van der Waals surface area contributed by atoms with Gasteiger partial charge >= 0.3 is 0 Å². The van der Waals surface area contributed by atoms with Gasteiger partial charge in [-0.2, -0.15) is 4.73 Å². The summed E-state index contributed by atoms with van der Waals surface area (Å²) in [5.41, 5.74) is 14.2. The van der Waals surface area contributed by atoms with Crippen molar-refractivity contribution in [3.05, 3.63) is 18.5 Å². The van der Waals surface area contributed by atoms with Crippen LogP contribution in [-0.2, 0) is 0 Å². The van der Waals surface area contributed by atoms with Gasteiger partial charge in [-0.05, 0) is 19.1 Å². The minimum Gasteiger partial charge on any atom is -0.413 e. The van der Waals surface area contributed by atoms with Gasteiger partial charge in [0, 0.05) is 0 Å². The van der Waals surface area contributed by atoms with Gasteiger partial charge in [0.1, 0.15) is 24.0 Å². The highest BCUT2D eigenvalue weighted by Crippen LogP contribution is 2.24. The summed E-state index contributed by atoms with van der Waals surface area (Å²) in [4.78, 5) is 9.44. The first-order valence-electron chi connectivity index (χ1n) is 4.38. The van der Waals surface area contributed by atoms with Gasteiger partial charge in [-0.3, -0.25) is 0 Å². The van der Waals surface area contributed by atoms with Crippen molar-refractivity contribution in [2.75, 3.05) is 18.1 Å². The number of aromatic nitrogens is 2. The maximum Gasteiger partial charge on any atom is 0.133 e. The first-order chi connectivity index (χ1) is 6.74. The first kappa shape index (κ1) is 8.68. The number of imidazole rings is 1. The third-order valence-electron chi connectivity index (χ3n) is 1.99. The lowest BCUT2D eigenvalue weighted by molar-refractivity contribution is 0.131. The van der Waals surface area contributed by atoms with Crippen LogP contribution in [0.25, 0.3) is 11.0 Å². The lowest BCUT2D eigenvalue weighted by atomic mass is 10.2. The number of rotatable bonds is 2. The second-order valence-electron chi connectivity index (χ2n) is 2.93. The molecule has 2 aromatic rings. The SMILES string of the molecule is CCOn1cnc2c(N)ccc(N)c21. The summed E-state index contributed by atoms with van der Waals surface area (Å²) in [6.07, 6.45) is 1.57. The Morgan fingerprint density at radius 2 is 2.07 bits per heavy atom. The molecule has 1 aromatic heterocycles. The van der Waals surface area contributed by atoms with Crippen molar-refractivity contribution in [2.24, 2.45) is 0 Å². The van der Waals surface area contributed by atoms with Crippen LogP contribution in [0.5, 0.6) is 0 Å². The summed E-state index contributed by atoms with van der Waals surface area (Å²) in [6.45, 7) is 2.45. The van der Waals surface area contributed by atoms with Gasteiger partial charge in [-0.1, -0.05) is 0 Å². The summed E-state index contributed by atoms with van der Waals surface area (Å²) in [5, 5.41) is 0. The van der Waals surface area contributed by atoms with Crippen LogP contribution in [0.2, 0.25) is 0 Å². The van der Waals surface area contributed by atoms with E-state index in [-0.39, 0.29) is 0 Å². The van der Waals surface area contributed by atoms with Gasteiger partial charge in [0.05, 0.1) is 11.4 Å². The molecular formula is C9H12N4O. The molecule has 14 heavy (non-hydrogen) atoms. The monoisotopic (exact) mass is 192 g/mol. The van der Waals surface area contributed by atoms with Crippen LogP contribution in [0, 0.1) is 0 Å². The Morgan fingerprint density at radius 3 is 2.79 bits per heavy atom. The van der Waals surface area contributed by atoms with Gasteiger partial charge in [-0.15, -0.1) is 0 Å². The van der Waals surface area contributed by atoms with Gasteiger partial charge in [0.2, 0.25) is 0 Å². The van der Waals surface area contributed by atoms with Crippen molar-refractivity contribution in [1.82, 2.24) is 9.71 Å². The molecule has 4 N–H and O–H groups in total. The summed E-state index contributed by atoms with van der Waals surface area (Å²) >= 11 is 0. The van der Waals surface area contributed by atoms with Crippen molar-refractivity contribution in [3.63, 3.8) is 0 Å². The summed E-state index contributed by atoms with van der Waals surface area (Å²) in [7, 11) is 0. The lowest BCUT2D eigenvalue weighted by Gasteiger charge is -2.06. The summed E-state index contributed by atoms with van der Waals surface area (Å²) < 4.78 is 1.54. The van der Waals surface area contributed by atoms with Crippen LogP contribution in [0.1, 0.15) is 6.92 Å². The van der Waals surface area contributed by atoms with E-state index in [1.165, 1.54) is 0 Å². The molecule has 0 amide bonds. The molecule has 0 saturated carbocycles. The average Bonchev–Trinajstić information content (AvgIpc) is 2.58. The van der Waals surface area contributed by atoms with Crippen LogP contribution < -0.4 is 16.3 Å². The van der Waals surface area contributed by atoms with Crippen molar-refractivity contribution >= 4 is 22.4 Å². The normalized spacial score (nSPS) is 10.6. The number of benzene rings is 1. The van der Waals surface area contributed by atoms with E-state index >= 15 is 0 Å². The standard InChI is InChI=1S/C9H12N4O/c1-2-14-13-5-12-8-6(10)3-4-7(11)9(8)13/h3-5H,2,10-11H2,1H3. The molecule has 2 rings (SSSR count). The van der Waals surface area contributed by atoms with Crippen molar-refractivity contribution in [2.45, 2.75) is 6.92 Å². The second-order valence-corrected chi connectivity index (χ2v) is 2.93. The van der Waals surface area contributed by atoms with Crippen molar-refractivity contribution in [1.29, 1.82) is 0 Å². The lowest BCUT2D eigenvalue weighted by Crippen LogP contribution is -2.10. The molecule has 0 atom stereocenters. The zero-order valence-electron chi connectivity index (χ0n) is 7.90. The maximum absolute atomic E-state index is 5.80. The number of hydrogen-bond acceptors (Lipinski definition) is 4. The van der Waals surface area contributed by atoms with Gasteiger partial charge in [0.25, 0.3) is 0 Å². The smallest absolute Gasteiger partial charge is 0.133 e. The van der Waals surface area contributed by atoms with Crippen LogP contribution in [0.15, 0.2) is 18.5 Å². The Bertz CT molecular complexity index is 463. The summed E-state index contributed by atoms with van der Waals surface area (Å²) in [6, 6.07) is 3.48. The van der Waals surface area contributed by atoms with E-state index in [0.29, 0.717) is 23.5 Å². The maximum atomic E-state index is 5.80. The van der Waals surface area contributed by atoms with Crippen molar-refractivity contribution in [3.8, 4) is 0 Å². The minimum absolute atomic E-state index is 0.555. The molecule has 5 nitrogen and oxygen atoms in total. The van der Waals surface area contributed by atoms with Gasteiger partial charge in [-0.25, -0.2) is 4.98 Å². The molecule has 0 saturated heterocycles. The van der Waals surface area contributed by atoms with Gasteiger partial charge in [0.15, 0.2) is 0 Å². The fourth-order valence-electron chi connectivity index (χ4n) is 1.38.